The molecule has 0 aromatic heterocycles. The Balaban J connectivity index is 5.87. The highest BCUT2D eigenvalue weighted by molar-refractivity contribution is 5.11. The molecule has 0 aromatic carbocycles. The second-order valence-electron chi connectivity index (χ2n) is 5.03. The Morgan fingerprint density at radius 1 is 0.889 bits per heavy atom. The minimum atomic E-state index is -4.94. The van der Waals surface area contributed by atoms with E-state index in [0.29, 0.717) is 6.92 Å². The first-order valence-corrected chi connectivity index (χ1v) is 6.02. The topological polar surface area (TPSA) is 0 Å². The van der Waals surface area contributed by atoms with Crippen LogP contribution in [0.2, 0.25) is 0 Å². The quantitative estimate of drug-likeness (QED) is 0.452. The van der Waals surface area contributed by atoms with Gasteiger partial charge in [0.15, 0.2) is 0 Å². The normalized spacial score (nSPS) is 20.8. The Bertz CT molecular complexity index is 305. The molecule has 0 saturated heterocycles. The number of hydrogen-bond donors (Lipinski definition) is 0. The minimum Gasteiger partial charge on any atom is -0.205 e. The van der Waals surface area contributed by atoms with Gasteiger partial charge in [-0.05, 0) is 26.7 Å². The van der Waals surface area contributed by atoms with Crippen LogP contribution in [0.3, 0.4) is 0 Å². The van der Waals surface area contributed by atoms with Crippen molar-refractivity contribution < 1.29 is 22.0 Å². The van der Waals surface area contributed by atoms with Gasteiger partial charge in [-0.3, -0.25) is 0 Å². The predicted molar refractivity (Wildman–Crippen MR) is 62.6 cm³/mol. The monoisotopic (exact) mass is 272 g/mol. The van der Waals surface area contributed by atoms with Gasteiger partial charge in [0.1, 0.15) is 5.41 Å². The number of rotatable bonds is 5. The van der Waals surface area contributed by atoms with Crippen LogP contribution in [0.4, 0.5) is 22.0 Å². The molecule has 0 aromatic rings. The lowest BCUT2D eigenvalue weighted by molar-refractivity contribution is -0.317. The molecule has 2 atom stereocenters. The maximum absolute atomic E-state index is 14.4. The average Bonchev–Trinajstić information content (AvgIpc) is 2.25. The summed E-state index contributed by atoms with van der Waals surface area (Å²) in [4.78, 5) is 0. The summed E-state index contributed by atoms with van der Waals surface area (Å²) in [6.45, 7) is 5.92. The first-order valence-electron chi connectivity index (χ1n) is 6.02. The number of alkyl halides is 5. The number of hydrogen-bond acceptors (Lipinski definition) is 0. The Labute approximate surface area is 105 Å². The van der Waals surface area contributed by atoms with Gasteiger partial charge in [-0.2, -0.15) is 13.2 Å². The van der Waals surface area contributed by atoms with Crippen LogP contribution < -0.4 is 0 Å². The van der Waals surface area contributed by atoms with Crippen LogP contribution in [0.25, 0.3) is 0 Å². The molecule has 0 bridgehead atoms. The Kier molecular flexibility index (Phi) is 5.00. The molecule has 108 valence electrons. The summed E-state index contributed by atoms with van der Waals surface area (Å²) in [5, 5.41) is 0. The largest absolute Gasteiger partial charge is 0.400 e. The maximum Gasteiger partial charge on any atom is 0.400 e. The van der Waals surface area contributed by atoms with Crippen LogP contribution in [-0.2, 0) is 0 Å². The molecule has 0 aliphatic heterocycles. The van der Waals surface area contributed by atoms with Gasteiger partial charge >= 0.3 is 6.18 Å². The molecule has 0 N–H and O–H groups in total. The van der Waals surface area contributed by atoms with E-state index in [2.05, 4.69) is 0 Å². The SMILES string of the molecule is C/C=C/C(C)(CC)C(F)(F)C(C)(CC)C(F)(F)F. The van der Waals surface area contributed by atoms with Crippen molar-refractivity contribution in [3.63, 3.8) is 0 Å². The zero-order valence-electron chi connectivity index (χ0n) is 11.5. The standard InChI is InChI=1S/C13H21F5/c1-6-9-10(4,7-2)12(14,15)11(5,8-3)13(16,17)18/h6,9H,7-8H2,1-5H3/b9-6+. The molecule has 0 nitrogen and oxygen atoms in total. The van der Waals surface area contributed by atoms with E-state index in [1.54, 1.807) is 0 Å². The van der Waals surface area contributed by atoms with E-state index in [1.807, 2.05) is 0 Å². The van der Waals surface area contributed by atoms with E-state index in [1.165, 1.54) is 32.9 Å². The first kappa shape index (κ1) is 17.4. The fourth-order valence-corrected chi connectivity index (χ4v) is 2.04. The summed E-state index contributed by atoms with van der Waals surface area (Å²) in [6.07, 6.45) is -3.10. The van der Waals surface area contributed by atoms with Crippen LogP contribution in [0.5, 0.6) is 0 Å². The van der Waals surface area contributed by atoms with Gasteiger partial charge in [0.2, 0.25) is 0 Å². The van der Waals surface area contributed by atoms with Crippen molar-refractivity contribution in [2.75, 3.05) is 0 Å². The zero-order chi connectivity index (χ0) is 14.8. The van der Waals surface area contributed by atoms with Gasteiger partial charge in [-0.1, -0.05) is 32.9 Å². The Morgan fingerprint density at radius 2 is 1.33 bits per heavy atom. The second kappa shape index (κ2) is 5.17. The zero-order valence-corrected chi connectivity index (χ0v) is 11.5. The average molecular weight is 272 g/mol. The van der Waals surface area contributed by atoms with Crippen LogP contribution in [0.1, 0.15) is 47.5 Å². The Hall–Kier alpha value is -0.610. The van der Waals surface area contributed by atoms with E-state index in [-0.39, 0.29) is 6.42 Å². The lowest BCUT2D eigenvalue weighted by atomic mass is 9.65. The molecule has 0 fully saturated rings. The molecule has 0 amide bonds. The smallest absolute Gasteiger partial charge is 0.205 e. The highest BCUT2D eigenvalue weighted by Gasteiger charge is 2.70. The van der Waals surface area contributed by atoms with Gasteiger partial charge in [0.25, 0.3) is 5.92 Å². The highest BCUT2D eigenvalue weighted by Crippen LogP contribution is 2.59. The summed E-state index contributed by atoms with van der Waals surface area (Å²) in [5.41, 5.74) is -4.83. The van der Waals surface area contributed by atoms with Crippen LogP contribution in [0, 0.1) is 10.8 Å². The third-order valence-corrected chi connectivity index (χ3v) is 4.01. The lowest BCUT2D eigenvalue weighted by Gasteiger charge is -2.46. The third-order valence-electron chi connectivity index (χ3n) is 4.01. The van der Waals surface area contributed by atoms with E-state index in [4.69, 9.17) is 0 Å². The van der Waals surface area contributed by atoms with Crippen molar-refractivity contribution in [2.24, 2.45) is 10.8 Å². The number of halogens is 5. The van der Waals surface area contributed by atoms with Crippen LogP contribution in [-0.4, -0.2) is 12.1 Å². The van der Waals surface area contributed by atoms with Crippen molar-refractivity contribution in [1.82, 2.24) is 0 Å². The van der Waals surface area contributed by atoms with Crippen molar-refractivity contribution >= 4 is 0 Å². The van der Waals surface area contributed by atoms with Gasteiger partial charge in [-0.25, -0.2) is 8.78 Å². The van der Waals surface area contributed by atoms with Crippen molar-refractivity contribution in [3.05, 3.63) is 12.2 Å². The van der Waals surface area contributed by atoms with Gasteiger partial charge < -0.3 is 0 Å². The summed E-state index contributed by atoms with van der Waals surface area (Å²) < 4.78 is 67.9. The molecule has 0 aliphatic rings. The molecule has 0 saturated carbocycles. The molecule has 18 heavy (non-hydrogen) atoms. The molecule has 0 radical (unpaired) electrons. The molecule has 5 heteroatoms. The first-order chi connectivity index (χ1) is 7.93. The maximum atomic E-state index is 14.4. The molecular formula is C13H21F5. The van der Waals surface area contributed by atoms with Crippen LogP contribution >= 0.6 is 0 Å². The van der Waals surface area contributed by atoms with E-state index >= 15 is 0 Å². The fraction of sp³-hybridized carbons (Fsp3) is 0.846. The summed E-state index contributed by atoms with van der Waals surface area (Å²) in [7, 11) is 0. The van der Waals surface area contributed by atoms with Gasteiger partial charge in [0.05, 0.1) is 0 Å². The van der Waals surface area contributed by atoms with Crippen molar-refractivity contribution in [3.8, 4) is 0 Å². The summed E-state index contributed by atoms with van der Waals surface area (Å²) in [5.74, 6) is -3.87. The molecule has 0 spiro atoms. The highest BCUT2D eigenvalue weighted by atomic mass is 19.4. The molecule has 0 rings (SSSR count). The number of allylic oxidation sites excluding steroid dienone is 2. The lowest BCUT2D eigenvalue weighted by Crippen LogP contribution is -2.57. The van der Waals surface area contributed by atoms with Crippen molar-refractivity contribution in [1.29, 1.82) is 0 Å². The van der Waals surface area contributed by atoms with Crippen LogP contribution in [0.15, 0.2) is 12.2 Å². The van der Waals surface area contributed by atoms with E-state index in [0.717, 1.165) is 6.92 Å². The minimum absolute atomic E-state index is 0.0595. The summed E-state index contributed by atoms with van der Waals surface area (Å²) in [6, 6.07) is 0. The predicted octanol–water partition coefficient (Wildman–Crippen LogP) is 5.59. The molecule has 0 heterocycles. The van der Waals surface area contributed by atoms with E-state index < -0.39 is 29.3 Å². The Morgan fingerprint density at radius 3 is 1.56 bits per heavy atom. The fourth-order valence-electron chi connectivity index (χ4n) is 2.04. The summed E-state index contributed by atoms with van der Waals surface area (Å²) >= 11 is 0. The van der Waals surface area contributed by atoms with E-state index in [9.17, 15) is 22.0 Å². The van der Waals surface area contributed by atoms with Gasteiger partial charge in [0, 0.05) is 5.41 Å². The second-order valence-corrected chi connectivity index (χ2v) is 5.03. The molecular weight excluding hydrogens is 251 g/mol. The molecule has 2 unspecified atom stereocenters. The van der Waals surface area contributed by atoms with Gasteiger partial charge in [-0.15, -0.1) is 0 Å². The third kappa shape index (κ3) is 2.41. The molecule has 0 aliphatic carbocycles. The van der Waals surface area contributed by atoms with Crippen molar-refractivity contribution in [2.45, 2.75) is 59.6 Å².